The second-order valence-corrected chi connectivity index (χ2v) is 7.04. The van der Waals surface area contributed by atoms with E-state index < -0.39 is 0 Å². The molecule has 2 atom stereocenters. The number of hydrogen-bond acceptors (Lipinski definition) is 3. The Bertz CT molecular complexity index is 795. The van der Waals surface area contributed by atoms with Crippen LogP contribution < -0.4 is 10.1 Å². The Labute approximate surface area is 159 Å². The summed E-state index contributed by atoms with van der Waals surface area (Å²) in [5.41, 5.74) is 0.777. The molecule has 7 heteroatoms. The summed E-state index contributed by atoms with van der Waals surface area (Å²) in [5.74, 6) is -0.145. The van der Waals surface area contributed by atoms with Crippen molar-refractivity contribution < 1.29 is 18.7 Å². The number of likely N-dealkylation sites (tertiary alicyclic amines) is 1. The summed E-state index contributed by atoms with van der Waals surface area (Å²) in [4.78, 5) is 25.9. The minimum atomic E-state index is -0.390. The molecular formula is C19H18BrFN2O3. The number of likely N-dealkylation sites (N-methyl/N-ethyl adjacent to an activating group) is 1. The monoisotopic (exact) mass is 420 g/mol. The molecule has 2 aromatic rings. The fraction of sp³-hybridized carbons (Fsp3) is 0.263. The molecule has 3 rings (SSSR count). The average molecular weight is 421 g/mol. The second kappa shape index (κ2) is 7.86. The molecular weight excluding hydrogens is 403 g/mol. The van der Waals surface area contributed by atoms with Crippen molar-refractivity contribution in [3.8, 4) is 5.75 Å². The van der Waals surface area contributed by atoms with Crippen molar-refractivity contribution >= 4 is 27.7 Å². The maximum absolute atomic E-state index is 13.2. The maximum Gasteiger partial charge on any atom is 0.258 e. The molecule has 1 saturated heterocycles. The molecule has 2 amide bonds. The highest BCUT2D eigenvalue weighted by Crippen LogP contribution is 2.32. The van der Waals surface area contributed by atoms with E-state index in [-0.39, 0.29) is 42.7 Å². The van der Waals surface area contributed by atoms with E-state index >= 15 is 0 Å². The molecule has 1 aliphatic heterocycles. The Hall–Kier alpha value is -2.41. The van der Waals surface area contributed by atoms with Crippen LogP contribution in [-0.2, 0) is 9.59 Å². The molecule has 0 saturated carbocycles. The van der Waals surface area contributed by atoms with Gasteiger partial charge in [-0.3, -0.25) is 9.59 Å². The second-order valence-electron chi connectivity index (χ2n) is 6.12. The largest absolute Gasteiger partial charge is 0.484 e. The van der Waals surface area contributed by atoms with Crippen LogP contribution in [0.25, 0.3) is 0 Å². The van der Waals surface area contributed by atoms with E-state index in [4.69, 9.17) is 4.74 Å². The molecule has 136 valence electrons. The first-order valence-electron chi connectivity index (χ1n) is 8.13. The van der Waals surface area contributed by atoms with E-state index in [1.165, 1.54) is 12.1 Å². The lowest BCUT2D eigenvalue weighted by atomic mass is 10.00. The van der Waals surface area contributed by atoms with Gasteiger partial charge in [-0.25, -0.2) is 4.39 Å². The minimum absolute atomic E-state index is 0.0709. The van der Waals surface area contributed by atoms with Crippen molar-refractivity contribution in [1.29, 1.82) is 0 Å². The van der Waals surface area contributed by atoms with Crippen LogP contribution in [0.2, 0.25) is 0 Å². The van der Waals surface area contributed by atoms with Crippen molar-refractivity contribution in [2.24, 2.45) is 0 Å². The van der Waals surface area contributed by atoms with Crippen LogP contribution in [0.3, 0.4) is 0 Å². The Morgan fingerprint density at radius 3 is 2.54 bits per heavy atom. The molecule has 0 spiro atoms. The van der Waals surface area contributed by atoms with E-state index in [9.17, 15) is 14.0 Å². The van der Waals surface area contributed by atoms with Crippen molar-refractivity contribution in [3.05, 3.63) is 64.4 Å². The number of benzene rings is 2. The summed E-state index contributed by atoms with van der Waals surface area (Å²) in [6, 6.07) is 12.4. The van der Waals surface area contributed by atoms with Crippen LogP contribution >= 0.6 is 15.9 Å². The van der Waals surface area contributed by atoms with Crippen LogP contribution in [0, 0.1) is 5.82 Å². The molecule has 5 nitrogen and oxygen atoms in total. The first kappa shape index (κ1) is 18.4. The molecule has 0 aliphatic carbocycles. The van der Waals surface area contributed by atoms with Gasteiger partial charge in [-0.15, -0.1) is 0 Å². The van der Waals surface area contributed by atoms with E-state index in [0.717, 1.165) is 10.0 Å². The van der Waals surface area contributed by atoms with Gasteiger partial charge in [0, 0.05) is 17.9 Å². The maximum atomic E-state index is 13.2. The number of carbonyl (C=O) groups is 2. The van der Waals surface area contributed by atoms with Gasteiger partial charge < -0.3 is 15.0 Å². The first-order chi connectivity index (χ1) is 12.4. The van der Waals surface area contributed by atoms with Crippen LogP contribution in [0.4, 0.5) is 4.39 Å². The Morgan fingerprint density at radius 2 is 1.88 bits per heavy atom. The average Bonchev–Trinajstić information content (AvgIpc) is 2.89. The van der Waals surface area contributed by atoms with Crippen LogP contribution in [0.15, 0.2) is 53.0 Å². The third-order valence-corrected chi connectivity index (χ3v) is 4.86. The van der Waals surface area contributed by atoms with Gasteiger partial charge in [-0.2, -0.15) is 0 Å². The normalized spacial score (nSPS) is 19.5. The number of amides is 2. The van der Waals surface area contributed by atoms with Crippen LogP contribution in [-0.4, -0.2) is 36.4 Å². The molecule has 2 aromatic carbocycles. The van der Waals surface area contributed by atoms with E-state index in [1.807, 2.05) is 12.1 Å². The topological polar surface area (TPSA) is 58.6 Å². The molecule has 1 aliphatic rings. The first-order valence-corrected chi connectivity index (χ1v) is 8.92. The summed E-state index contributed by atoms with van der Waals surface area (Å²) >= 11 is 3.33. The third kappa shape index (κ3) is 4.22. The fourth-order valence-corrected chi connectivity index (χ4v) is 3.31. The Kier molecular flexibility index (Phi) is 5.56. The number of nitrogens with one attached hydrogen (secondary N) is 1. The van der Waals surface area contributed by atoms with Crippen molar-refractivity contribution in [3.63, 3.8) is 0 Å². The van der Waals surface area contributed by atoms with Crippen molar-refractivity contribution in [2.75, 3.05) is 13.7 Å². The zero-order valence-electron chi connectivity index (χ0n) is 14.1. The van der Waals surface area contributed by atoms with Gasteiger partial charge in [0.05, 0.1) is 12.1 Å². The van der Waals surface area contributed by atoms with Gasteiger partial charge in [0.15, 0.2) is 6.61 Å². The number of ether oxygens (including phenoxy) is 1. The van der Waals surface area contributed by atoms with Crippen LogP contribution in [0.5, 0.6) is 5.75 Å². The highest BCUT2D eigenvalue weighted by Gasteiger charge is 2.39. The van der Waals surface area contributed by atoms with Crippen LogP contribution in [0.1, 0.15) is 18.0 Å². The summed E-state index contributed by atoms with van der Waals surface area (Å²) in [5, 5.41) is 2.86. The lowest BCUT2D eigenvalue weighted by Crippen LogP contribution is -2.41. The number of rotatable bonds is 5. The van der Waals surface area contributed by atoms with E-state index in [1.54, 1.807) is 36.2 Å². The smallest absolute Gasteiger partial charge is 0.258 e. The molecule has 2 unspecified atom stereocenters. The molecule has 0 bridgehead atoms. The molecule has 1 fully saturated rings. The number of carbonyl (C=O) groups excluding carboxylic acids is 2. The van der Waals surface area contributed by atoms with E-state index in [0.29, 0.717) is 5.75 Å². The highest BCUT2D eigenvalue weighted by atomic mass is 79.9. The minimum Gasteiger partial charge on any atom is -0.484 e. The van der Waals surface area contributed by atoms with Gasteiger partial charge in [-0.05, 0) is 42.0 Å². The van der Waals surface area contributed by atoms with Gasteiger partial charge in [0.1, 0.15) is 11.6 Å². The summed E-state index contributed by atoms with van der Waals surface area (Å²) in [6.07, 6.45) is 0.197. The van der Waals surface area contributed by atoms with Gasteiger partial charge in [0.2, 0.25) is 5.91 Å². The van der Waals surface area contributed by atoms with E-state index in [2.05, 4.69) is 21.2 Å². The third-order valence-electron chi connectivity index (χ3n) is 4.33. The standard InChI is InChI=1S/C19H18BrFN2O3/c1-23-18(25)10-16(19(23)12-2-6-14(21)7-3-12)22-17(24)11-26-15-8-4-13(20)5-9-15/h2-9,16,19H,10-11H2,1H3,(H,22,24). The molecule has 1 heterocycles. The van der Waals surface area contributed by atoms with Crippen molar-refractivity contribution in [1.82, 2.24) is 10.2 Å². The zero-order chi connectivity index (χ0) is 18.7. The fourth-order valence-electron chi connectivity index (χ4n) is 3.04. The Balaban J connectivity index is 1.64. The summed E-state index contributed by atoms with van der Waals surface area (Å²) in [7, 11) is 1.68. The lowest BCUT2D eigenvalue weighted by Gasteiger charge is -2.26. The molecule has 0 radical (unpaired) electrons. The summed E-state index contributed by atoms with van der Waals surface area (Å²) < 4.78 is 19.6. The predicted molar refractivity (Wildman–Crippen MR) is 98.1 cm³/mol. The quantitative estimate of drug-likeness (QED) is 0.808. The molecule has 26 heavy (non-hydrogen) atoms. The number of hydrogen-bond donors (Lipinski definition) is 1. The van der Waals surface area contributed by atoms with Gasteiger partial charge >= 0.3 is 0 Å². The zero-order valence-corrected chi connectivity index (χ0v) is 15.7. The molecule has 0 aromatic heterocycles. The Morgan fingerprint density at radius 1 is 1.23 bits per heavy atom. The molecule has 1 N–H and O–H groups in total. The highest BCUT2D eigenvalue weighted by molar-refractivity contribution is 9.10. The van der Waals surface area contributed by atoms with Gasteiger partial charge in [0.25, 0.3) is 5.91 Å². The van der Waals surface area contributed by atoms with Crippen molar-refractivity contribution in [2.45, 2.75) is 18.5 Å². The van der Waals surface area contributed by atoms with Gasteiger partial charge in [-0.1, -0.05) is 28.1 Å². The number of halogens is 2. The number of nitrogens with zero attached hydrogens (tertiary/aromatic N) is 1. The predicted octanol–water partition coefficient (Wildman–Crippen LogP) is 3.06. The SMILES string of the molecule is CN1C(=O)CC(NC(=O)COc2ccc(Br)cc2)C1c1ccc(F)cc1. The summed E-state index contributed by atoms with van der Waals surface area (Å²) in [6.45, 7) is -0.147. The lowest BCUT2D eigenvalue weighted by molar-refractivity contribution is -0.127.